The highest BCUT2D eigenvalue weighted by atomic mass is 19.4. The van der Waals surface area contributed by atoms with Crippen LogP contribution in [0, 0.1) is 11.3 Å². The van der Waals surface area contributed by atoms with Gasteiger partial charge in [0.2, 0.25) is 0 Å². The molecule has 2 N–H and O–H groups in total. The molecule has 1 aromatic carbocycles. The minimum atomic E-state index is -4.37. The van der Waals surface area contributed by atoms with Crippen LogP contribution < -0.4 is 5.32 Å². The first-order valence-corrected chi connectivity index (χ1v) is 6.54. The van der Waals surface area contributed by atoms with Gasteiger partial charge in [0.1, 0.15) is 0 Å². The number of rotatable bonds is 5. The van der Waals surface area contributed by atoms with Crippen LogP contribution in [0.4, 0.5) is 18.9 Å². The molecule has 0 radical (unpaired) electrons. The van der Waals surface area contributed by atoms with Gasteiger partial charge in [-0.05, 0) is 38.1 Å². The molecule has 0 heterocycles. The lowest BCUT2D eigenvalue weighted by Crippen LogP contribution is -2.11. The van der Waals surface area contributed by atoms with Crippen LogP contribution in [0.25, 0.3) is 0 Å². The Morgan fingerprint density at radius 2 is 1.90 bits per heavy atom. The fraction of sp³-hybridized carbons (Fsp3) is 0.312. The van der Waals surface area contributed by atoms with Crippen LogP contribution in [0.15, 0.2) is 47.7 Å². The number of benzene rings is 1. The summed E-state index contributed by atoms with van der Waals surface area (Å²) in [6.07, 6.45) is 0.515. The van der Waals surface area contributed by atoms with Gasteiger partial charge in [0, 0.05) is 23.5 Å². The van der Waals surface area contributed by atoms with Gasteiger partial charge in [0.05, 0.1) is 5.56 Å². The lowest BCUT2D eigenvalue weighted by atomic mass is 10.1. The van der Waals surface area contributed by atoms with E-state index in [1.54, 1.807) is 19.1 Å². The molecule has 0 saturated carbocycles. The summed E-state index contributed by atoms with van der Waals surface area (Å²) in [7, 11) is 0. The molecule has 0 spiro atoms. The van der Waals surface area contributed by atoms with Crippen LogP contribution in [-0.4, -0.2) is 6.21 Å². The van der Waals surface area contributed by atoms with Gasteiger partial charge in [-0.1, -0.05) is 24.6 Å². The molecule has 21 heavy (non-hydrogen) atoms. The van der Waals surface area contributed by atoms with E-state index in [1.165, 1.54) is 12.3 Å². The summed E-state index contributed by atoms with van der Waals surface area (Å²) in [5, 5.41) is 10.3. The first-order chi connectivity index (χ1) is 9.74. The van der Waals surface area contributed by atoms with Gasteiger partial charge in [-0.3, -0.25) is 0 Å². The van der Waals surface area contributed by atoms with E-state index in [9.17, 15) is 13.2 Å². The van der Waals surface area contributed by atoms with Gasteiger partial charge in [-0.2, -0.15) is 13.2 Å². The summed E-state index contributed by atoms with van der Waals surface area (Å²) in [6, 6.07) is 5.03. The zero-order valence-corrected chi connectivity index (χ0v) is 12.3. The van der Waals surface area contributed by atoms with Crippen molar-refractivity contribution >= 4 is 11.9 Å². The number of allylic oxidation sites excluding steroid dienone is 4. The van der Waals surface area contributed by atoms with Crippen molar-refractivity contribution in [2.24, 2.45) is 5.92 Å². The smallest absolute Gasteiger partial charge is 0.358 e. The van der Waals surface area contributed by atoms with Crippen molar-refractivity contribution in [3.63, 3.8) is 0 Å². The number of alkyl halides is 3. The third-order valence-corrected chi connectivity index (χ3v) is 2.82. The summed E-state index contributed by atoms with van der Waals surface area (Å²) in [6.45, 7) is 5.65. The number of nitrogens with one attached hydrogen (secondary N) is 2. The first-order valence-electron chi connectivity index (χ1n) is 6.54. The van der Waals surface area contributed by atoms with Crippen LogP contribution in [-0.2, 0) is 6.18 Å². The molecule has 1 unspecified atom stereocenters. The zero-order chi connectivity index (χ0) is 16.0. The SMILES string of the molecule is CC(C)=C/C=C(/Nc1cccc(C(F)(F)F)c1)C(C)C=N. The van der Waals surface area contributed by atoms with Crippen molar-refractivity contribution < 1.29 is 13.2 Å². The molecule has 1 atom stereocenters. The van der Waals surface area contributed by atoms with E-state index in [1.807, 2.05) is 19.9 Å². The monoisotopic (exact) mass is 296 g/mol. The number of hydrogen-bond donors (Lipinski definition) is 2. The van der Waals surface area contributed by atoms with Crippen LogP contribution >= 0.6 is 0 Å². The van der Waals surface area contributed by atoms with Gasteiger partial charge in [-0.25, -0.2) is 0 Å². The third kappa shape index (κ3) is 5.45. The maximum Gasteiger partial charge on any atom is 0.416 e. The van der Waals surface area contributed by atoms with Crippen molar-refractivity contribution in [1.29, 1.82) is 5.41 Å². The van der Waals surface area contributed by atoms with Crippen LogP contribution in [0.1, 0.15) is 26.3 Å². The Bertz CT molecular complexity index is 553. The van der Waals surface area contributed by atoms with E-state index in [0.717, 1.165) is 17.7 Å². The van der Waals surface area contributed by atoms with Crippen LogP contribution in [0.2, 0.25) is 0 Å². The fourth-order valence-electron chi connectivity index (χ4n) is 1.59. The molecule has 0 fully saturated rings. The number of anilines is 1. The second kappa shape index (κ2) is 7.11. The molecule has 0 saturated heterocycles. The average molecular weight is 296 g/mol. The van der Waals surface area contributed by atoms with Gasteiger partial charge >= 0.3 is 6.18 Å². The summed E-state index contributed by atoms with van der Waals surface area (Å²) in [5.41, 5.74) is 1.39. The fourth-order valence-corrected chi connectivity index (χ4v) is 1.59. The molecule has 0 aliphatic heterocycles. The Kier molecular flexibility index (Phi) is 5.76. The summed E-state index contributed by atoms with van der Waals surface area (Å²) < 4.78 is 38.1. The summed E-state index contributed by atoms with van der Waals surface area (Å²) >= 11 is 0. The Labute approximate surface area is 122 Å². The lowest BCUT2D eigenvalue weighted by molar-refractivity contribution is -0.137. The Morgan fingerprint density at radius 1 is 1.24 bits per heavy atom. The van der Waals surface area contributed by atoms with E-state index in [-0.39, 0.29) is 5.92 Å². The zero-order valence-electron chi connectivity index (χ0n) is 12.3. The maximum atomic E-state index is 12.7. The molecule has 114 valence electrons. The van der Waals surface area contributed by atoms with Crippen molar-refractivity contribution in [2.75, 3.05) is 5.32 Å². The lowest BCUT2D eigenvalue weighted by Gasteiger charge is -2.16. The predicted octanol–water partition coefficient (Wildman–Crippen LogP) is 5.25. The molecule has 0 amide bonds. The number of hydrogen-bond acceptors (Lipinski definition) is 2. The average Bonchev–Trinajstić information content (AvgIpc) is 2.41. The van der Waals surface area contributed by atoms with E-state index >= 15 is 0 Å². The highest BCUT2D eigenvalue weighted by Gasteiger charge is 2.30. The summed E-state index contributed by atoms with van der Waals surface area (Å²) in [5.74, 6) is -0.213. The molecule has 0 aliphatic carbocycles. The molecule has 0 aromatic heterocycles. The standard InChI is InChI=1S/C16H19F3N2/c1-11(2)7-8-15(12(3)10-20)21-14-6-4-5-13(9-14)16(17,18)19/h4-10,12,20-21H,1-3H3/b15-8+,20-10?. The highest BCUT2D eigenvalue weighted by molar-refractivity contribution is 5.65. The van der Waals surface area contributed by atoms with Crippen molar-refractivity contribution in [3.05, 3.63) is 53.3 Å². The molecule has 5 heteroatoms. The second-order valence-corrected chi connectivity index (χ2v) is 5.02. The molecule has 0 bridgehead atoms. The van der Waals surface area contributed by atoms with Gasteiger partial charge in [-0.15, -0.1) is 0 Å². The Morgan fingerprint density at radius 3 is 2.43 bits per heavy atom. The molecule has 0 aliphatic rings. The number of halogens is 3. The first kappa shape index (κ1) is 17.0. The van der Waals surface area contributed by atoms with Crippen molar-refractivity contribution in [2.45, 2.75) is 26.9 Å². The van der Waals surface area contributed by atoms with E-state index in [0.29, 0.717) is 11.4 Å². The minimum Gasteiger partial charge on any atom is -0.358 e. The van der Waals surface area contributed by atoms with Gasteiger partial charge in [0.15, 0.2) is 0 Å². The normalized spacial score (nSPS) is 13.5. The molecule has 1 aromatic rings. The van der Waals surface area contributed by atoms with Gasteiger partial charge in [0.25, 0.3) is 0 Å². The Balaban J connectivity index is 3.07. The minimum absolute atomic E-state index is 0.213. The third-order valence-electron chi connectivity index (χ3n) is 2.82. The van der Waals surface area contributed by atoms with Crippen molar-refractivity contribution in [1.82, 2.24) is 0 Å². The van der Waals surface area contributed by atoms with E-state index < -0.39 is 11.7 Å². The van der Waals surface area contributed by atoms with E-state index in [2.05, 4.69) is 5.32 Å². The molecular formula is C16H19F3N2. The molecule has 1 rings (SSSR count). The largest absolute Gasteiger partial charge is 0.416 e. The van der Waals surface area contributed by atoms with Crippen LogP contribution in [0.3, 0.4) is 0 Å². The maximum absolute atomic E-state index is 12.7. The molecule has 2 nitrogen and oxygen atoms in total. The Hall–Kier alpha value is -2.04. The molecular weight excluding hydrogens is 277 g/mol. The van der Waals surface area contributed by atoms with Crippen LogP contribution in [0.5, 0.6) is 0 Å². The van der Waals surface area contributed by atoms with Crippen molar-refractivity contribution in [3.8, 4) is 0 Å². The quantitative estimate of drug-likeness (QED) is 0.564. The van der Waals surface area contributed by atoms with E-state index in [4.69, 9.17) is 5.41 Å². The summed E-state index contributed by atoms with van der Waals surface area (Å²) in [4.78, 5) is 0. The predicted molar refractivity (Wildman–Crippen MR) is 80.5 cm³/mol. The van der Waals surface area contributed by atoms with Gasteiger partial charge < -0.3 is 10.7 Å². The highest BCUT2D eigenvalue weighted by Crippen LogP contribution is 2.31. The topological polar surface area (TPSA) is 35.9 Å². The second-order valence-electron chi connectivity index (χ2n) is 5.02.